The summed E-state index contributed by atoms with van der Waals surface area (Å²) in [6.07, 6.45) is 0. The Bertz CT molecular complexity index is 1750. The molecular weight excluding hydrogens is 428 g/mol. The summed E-state index contributed by atoms with van der Waals surface area (Å²) < 4.78 is 12.8. The van der Waals surface area contributed by atoms with Crippen LogP contribution in [-0.4, -0.2) is 0 Å². The lowest BCUT2D eigenvalue weighted by Gasteiger charge is -2.34. The fourth-order valence-electron chi connectivity index (χ4n) is 5.56. The van der Waals surface area contributed by atoms with Crippen LogP contribution in [-0.2, 0) is 5.41 Å². The van der Waals surface area contributed by atoms with Crippen LogP contribution in [0.4, 0.5) is 0 Å². The van der Waals surface area contributed by atoms with E-state index >= 15 is 0 Å². The molecular formula is C33H24O2. The predicted molar refractivity (Wildman–Crippen MR) is 143 cm³/mol. The van der Waals surface area contributed by atoms with Crippen LogP contribution in [0.5, 0.6) is 11.5 Å². The molecule has 5 aromatic carbocycles. The number of benzene rings is 5. The average molecular weight is 453 g/mol. The number of para-hydroxylation sites is 3. The van der Waals surface area contributed by atoms with Gasteiger partial charge in [-0.05, 0) is 34.9 Å². The average Bonchev–Trinajstić information content (AvgIpc) is 3.27. The van der Waals surface area contributed by atoms with Crippen molar-refractivity contribution in [3.05, 3.63) is 120 Å². The van der Waals surface area contributed by atoms with Crippen LogP contribution >= 0.6 is 0 Å². The first-order valence-electron chi connectivity index (χ1n) is 12.0. The Labute approximate surface area is 204 Å². The van der Waals surface area contributed by atoms with E-state index in [1.807, 2.05) is 18.2 Å². The third-order valence-electron chi connectivity index (χ3n) is 7.37. The smallest absolute Gasteiger partial charge is 0.143 e. The standard InChI is InChI=1S/C33H24O2/c1-33(2)27-15-6-8-17-30(27)34-31-20-21(18-19-28(31)33)22-10-3-4-11-23(22)25-13-9-14-26-24-12-5-7-16-29(24)35-32(25)26/h3-20H,1-2H3. The van der Waals surface area contributed by atoms with Crippen LogP contribution in [0.2, 0.25) is 0 Å². The van der Waals surface area contributed by atoms with Crippen LogP contribution in [0.15, 0.2) is 114 Å². The summed E-state index contributed by atoms with van der Waals surface area (Å²) in [5.41, 5.74) is 8.66. The van der Waals surface area contributed by atoms with Crippen molar-refractivity contribution in [1.29, 1.82) is 0 Å². The topological polar surface area (TPSA) is 22.4 Å². The minimum Gasteiger partial charge on any atom is -0.457 e. The molecule has 0 fully saturated rings. The van der Waals surface area contributed by atoms with Gasteiger partial charge in [0, 0.05) is 32.9 Å². The van der Waals surface area contributed by atoms with E-state index in [1.165, 1.54) is 11.1 Å². The van der Waals surface area contributed by atoms with Crippen LogP contribution in [0.25, 0.3) is 44.2 Å². The highest BCUT2D eigenvalue weighted by molar-refractivity contribution is 6.10. The monoisotopic (exact) mass is 452 g/mol. The molecule has 1 aliphatic rings. The summed E-state index contributed by atoms with van der Waals surface area (Å²) in [5, 5.41) is 2.28. The van der Waals surface area contributed by atoms with E-state index < -0.39 is 0 Å². The molecule has 0 atom stereocenters. The molecule has 0 saturated carbocycles. The largest absolute Gasteiger partial charge is 0.457 e. The van der Waals surface area contributed by atoms with Gasteiger partial charge < -0.3 is 9.15 Å². The summed E-state index contributed by atoms with van der Waals surface area (Å²) in [4.78, 5) is 0. The first-order chi connectivity index (χ1) is 17.1. The molecule has 1 aromatic heterocycles. The molecule has 168 valence electrons. The van der Waals surface area contributed by atoms with Gasteiger partial charge in [0.2, 0.25) is 0 Å². The van der Waals surface area contributed by atoms with Gasteiger partial charge in [-0.1, -0.05) is 105 Å². The highest BCUT2D eigenvalue weighted by atomic mass is 16.5. The summed E-state index contributed by atoms with van der Waals surface area (Å²) in [5.74, 6) is 1.85. The van der Waals surface area contributed by atoms with E-state index in [4.69, 9.17) is 9.15 Å². The molecule has 6 aromatic rings. The highest BCUT2D eigenvalue weighted by Crippen LogP contribution is 2.49. The molecule has 0 aliphatic carbocycles. The molecule has 0 unspecified atom stereocenters. The van der Waals surface area contributed by atoms with Gasteiger partial charge in [-0.2, -0.15) is 0 Å². The van der Waals surface area contributed by atoms with Crippen LogP contribution in [0.3, 0.4) is 0 Å². The lowest BCUT2D eigenvalue weighted by molar-refractivity contribution is 0.418. The quantitative estimate of drug-likeness (QED) is 0.261. The Balaban J connectivity index is 1.41. The van der Waals surface area contributed by atoms with Gasteiger partial charge in [0.05, 0.1) is 0 Å². The fourth-order valence-corrected chi connectivity index (χ4v) is 5.56. The Morgan fingerprint density at radius 1 is 0.543 bits per heavy atom. The van der Waals surface area contributed by atoms with Crippen molar-refractivity contribution in [2.75, 3.05) is 0 Å². The lowest BCUT2D eigenvalue weighted by Crippen LogP contribution is -2.24. The van der Waals surface area contributed by atoms with E-state index in [9.17, 15) is 0 Å². The molecule has 0 amide bonds. The molecule has 7 rings (SSSR count). The van der Waals surface area contributed by atoms with Gasteiger partial charge in [-0.15, -0.1) is 0 Å². The lowest BCUT2D eigenvalue weighted by atomic mass is 9.75. The number of hydrogen-bond donors (Lipinski definition) is 0. The van der Waals surface area contributed by atoms with E-state index in [-0.39, 0.29) is 5.41 Å². The first-order valence-corrected chi connectivity index (χ1v) is 12.0. The summed E-state index contributed by atoms with van der Waals surface area (Å²) >= 11 is 0. The van der Waals surface area contributed by atoms with E-state index in [1.54, 1.807) is 0 Å². The molecule has 35 heavy (non-hydrogen) atoms. The van der Waals surface area contributed by atoms with Crippen molar-refractivity contribution in [2.24, 2.45) is 0 Å². The second-order valence-electron chi connectivity index (χ2n) is 9.76. The van der Waals surface area contributed by atoms with Gasteiger partial charge in [0.25, 0.3) is 0 Å². The maximum absolute atomic E-state index is 6.41. The van der Waals surface area contributed by atoms with Gasteiger partial charge >= 0.3 is 0 Å². The zero-order valence-electron chi connectivity index (χ0n) is 19.7. The number of fused-ring (bicyclic) bond motifs is 5. The van der Waals surface area contributed by atoms with Crippen molar-refractivity contribution in [3.8, 4) is 33.8 Å². The van der Waals surface area contributed by atoms with Crippen molar-refractivity contribution in [3.63, 3.8) is 0 Å². The van der Waals surface area contributed by atoms with Crippen molar-refractivity contribution < 1.29 is 9.15 Å². The first kappa shape index (κ1) is 20.1. The molecule has 0 radical (unpaired) electrons. The van der Waals surface area contributed by atoms with Crippen molar-refractivity contribution in [2.45, 2.75) is 19.3 Å². The molecule has 0 saturated heterocycles. The van der Waals surface area contributed by atoms with E-state index in [0.717, 1.165) is 55.7 Å². The maximum atomic E-state index is 6.41. The van der Waals surface area contributed by atoms with Crippen molar-refractivity contribution in [1.82, 2.24) is 0 Å². The second kappa shape index (κ2) is 7.35. The SMILES string of the molecule is CC1(C)c2ccccc2Oc2cc(-c3ccccc3-c3cccc4c3oc3ccccc34)ccc21. The minimum atomic E-state index is -0.123. The molecule has 0 N–H and O–H groups in total. The Morgan fingerprint density at radius 3 is 2.14 bits per heavy atom. The van der Waals surface area contributed by atoms with Crippen LogP contribution < -0.4 is 4.74 Å². The Kier molecular flexibility index (Phi) is 4.22. The third kappa shape index (κ3) is 2.96. The minimum absolute atomic E-state index is 0.123. The van der Waals surface area contributed by atoms with Gasteiger partial charge in [-0.3, -0.25) is 0 Å². The number of hydrogen-bond acceptors (Lipinski definition) is 2. The van der Waals surface area contributed by atoms with Crippen LogP contribution in [0.1, 0.15) is 25.0 Å². The zero-order chi connectivity index (χ0) is 23.6. The Morgan fingerprint density at radius 2 is 1.23 bits per heavy atom. The van der Waals surface area contributed by atoms with E-state index in [2.05, 4.69) is 105 Å². The van der Waals surface area contributed by atoms with Gasteiger partial charge in [-0.25, -0.2) is 0 Å². The molecule has 2 heterocycles. The van der Waals surface area contributed by atoms with E-state index in [0.29, 0.717) is 0 Å². The number of furan rings is 1. The highest BCUT2D eigenvalue weighted by Gasteiger charge is 2.34. The van der Waals surface area contributed by atoms with Gasteiger partial charge in [0.1, 0.15) is 22.7 Å². The summed E-state index contributed by atoms with van der Waals surface area (Å²) in [6, 6.07) is 38.1. The Hall–Kier alpha value is -4.30. The molecule has 2 heteroatoms. The zero-order valence-corrected chi connectivity index (χ0v) is 19.7. The fraction of sp³-hybridized carbons (Fsp3) is 0.0909. The summed E-state index contributed by atoms with van der Waals surface area (Å²) in [6.45, 7) is 4.53. The predicted octanol–water partition coefficient (Wildman–Crippen LogP) is 9.35. The summed E-state index contributed by atoms with van der Waals surface area (Å²) in [7, 11) is 0. The van der Waals surface area contributed by atoms with Crippen molar-refractivity contribution >= 4 is 21.9 Å². The van der Waals surface area contributed by atoms with Crippen LogP contribution in [0, 0.1) is 0 Å². The molecule has 2 nitrogen and oxygen atoms in total. The molecule has 0 spiro atoms. The normalized spacial score (nSPS) is 13.9. The molecule has 0 bridgehead atoms. The number of ether oxygens (including phenoxy) is 1. The molecule has 1 aliphatic heterocycles. The maximum Gasteiger partial charge on any atom is 0.143 e. The van der Waals surface area contributed by atoms with Gasteiger partial charge in [0.15, 0.2) is 0 Å². The third-order valence-corrected chi connectivity index (χ3v) is 7.37. The number of rotatable bonds is 2. The second-order valence-corrected chi connectivity index (χ2v) is 9.76.